The van der Waals surface area contributed by atoms with E-state index in [0.717, 1.165) is 33.4 Å². The van der Waals surface area contributed by atoms with Crippen molar-refractivity contribution >= 4 is 5.97 Å². The minimum atomic E-state index is -1.05. The number of phenolic OH excluding ortho intramolecular Hbond substituents is 1. The Morgan fingerprint density at radius 3 is 1.77 bits per heavy atom. The van der Waals surface area contributed by atoms with Gasteiger partial charge in [0.05, 0.1) is 5.56 Å². The molecule has 206 valence electrons. The molecular weight excluding hydrogens is 506 g/mol. The summed E-state index contributed by atoms with van der Waals surface area (Å²) in [6.45, 7) is 12.8. The van der Waals surface area contributed by atoms with Gasteiger partial charge in [0.25, 0.3) is 0 Å². The summed E-state index contributed by atoms with van der Waals surface area (Å²) in [6.07, 6.45) is -1.05. The Labute approximate surface area is 234 Å². The first-order valence-corrected chi connectivity index (χ1v) is 12.9. The molecular formula is C32H33N3O5. The zero-order valence-electron chi connectivity index (χ0n) is 23.4. The van der Waals surface area contributed by atoms with Crippen LogP contribution in [0.5, 0.6) is 11.5 Å². The van der Waals surface area contributed by atoms with Crippen molar-refractivity contribution in [1.29, 1.82) is 0 Å². The van der Waals surface area contributed by atoms with E-state index in [1.807, 2.05) is 52.0 Å². The molecule has 1 atom stereocenters. The van der Waals surface area contributed by atoms with Crippen LogP contribution in [-0.2, 0) is 9.53 Å². The van der Waals surface area contributed by atoms with E-state index in [0.29, 0.717) is 28.8 Å². The SMILES string of the molecule is C=C(C)C(=O)OCC(O)COc1ccc(-c2nc(-c3ccc(C)cc3C)nc(-c3ccc(C)cc3C)n2)c(O)c1. The highest BCUT2D eigenvalue weighted by Crippen LogP contribution is 2.34. The molecule has 0 saturated carbocycles. The van der Waals surface area contributed by atoms with E-state index >= 15 is 0 Å². The Kier molecular flexibility index (Phi) is 8.60. The molecule has 0 bridgehead atoms. The molecule has 0 aliphatic rings. The maximum absolute atomic E-state index is 11.5. The number of ether oxygens (including phenoxy) is 2. The van der Waals surface area contributed by atoms with Gasteiger partial charge in [-0.3, -0.25) is 0 Å². The zero-order chi connectivity index (χ0) is 29.0. The number of phenols is 1. The molecule has 4 aromatic rings. The van der Waals surface area contributed by atoms with Gasteiger partial charge in [-0.2, -0.15) is 0 Å². The molecule has 4 rings (SSSR count). The predicted molar refractivity (Wildman–Crippen MR) is 154 cm³/mol. The van der Waals surface area contributed by atoms with E-state index in [2.05, 4.69) is 18.7 Å². The predicted octanol–water partition coefficient (Wildman–Crippen LogP) is 5.67. The number of aromatic nitrogens is 3. The molecule has 0 radical (unpaired) electrons. The van der Waals surface area contributed by atoms with Crippen molar-refractivity contribution in [2.24, 2.45) is 0 Å². The summed E-state index contributed by atoms with van der Waals surface area (Å²) in [7, 11) is 0. The van der Waals surface area contributed by atoms with Crippen molar-refractivity contribution < 1.29 is 24.5 Å². The van der Waals surface area contributed by atoms with Gasteiger partial charge in [0.2, 0.25) is 0 Å². The minimum Gasteiger partial charge on any atom is -0.507 e. The second-order valence-corrected chi connectivity index (χ2v) is 9.97. The van der Waals surface area contributed by atoms with E-state index in [1.165, 1.54) is 13.0 Å². The fraction of sp³-hybridized carbons (Fsp3) is 0.250. The van der Waals surface area contributed by atoms with Crippen molar-refractivity contribution in [3.05, 3.63) is 89.0 Å². The lowest BCUT2D eigenvalue weighted by molar-refractivity contribution is -0.142. The van der Waals surface area contributed by atoms with Gasteiger partial charge in [0.1, 0.15) is 30.8 Å². The summed E-state index contributed by atoms with van der Waals surface area (Å²) in [5.74, 6) is 0.971. The number of benzene rings is 3. The molecule has 1 aromatic heterocycles. The fourth-order valence-corrected chi connectivity index (χ4v) is 4.19. The molecule has 2 N–H and O–H groups in total. The number of rotatable bonds is 9. The van der Waals surface area contributed by atoms with Crippen molar-refractivity contribution in [1.82, 2.24) is 15.0 Å². The van der Waals surface area contributed by atoms with Crippen molar-refractivity contribution in [3.63, 3.8) is 0 Å². The Balaban J connectivity index is 1.66. The normalized spacial score (nSPS) is 11.7. The summed E-state index contributed by atoms with van der Waals surface area (Å²) in [5, 5.41) is 21.0. The van der Waals surface area contributed by atoms with E-state index in [4.69, 9.17) is 24.4 Å². The third kappa shape index (κ3) is 6.71. The highest BCUT2D eigenvalue weighted by atomic mass is 16.5. The Bertz CT molecular complexity index is 1510. The average molecular weight is 540 g/mol. The first-order chi connectivity index (χ1) is 19.0. The van der Waals surface area contributed by atoms with E-state index in [1.54, 1.807) is 12.1 Å². The van der Waals surface area contributed by atoms with Crippen LogP contribution in [-0.4, -0.2) is 50.5 Å². The molecule has 8 heteroatoms. The number of hydrogen-bond donors (Lipinski definition) is 2. The smallest absolute Gasteiger partial charge is 0.333 e. The standard InChI is InChI=1S/C32H33N3O5/c1-18(2)32(38)40-17-23(36)16-39-24-9-12-27(28(37)15-24)31-34-29(25-10-7-19(3)13-21(25)5)33-30(35-31)26-11-8-20(4)14-22(26)6/h7-15,23,36-37H,1,16-17H2,2-6H3. The third-order valence-electron chi connectivity index (χ3n) is 6.29. The molecule has 0 spiro atoms. The number of aryl methyl sites for hydroxylation is 4. The number of hydrogen-bond acceptors (Lipinski definition) is 8. The molecule has 1 heterocycles. The van der Waals surface area contributed by atoms with Crippen LogP contribution in [0.25, 0.3) is 34.2 Å². The molecule has 0 aliphatic carbocycles. The van der Waals surface area contributed by atoms with Crippen molar-refractivity contribution in [3.8, 4) is 45.7 Å². The summed E-state index contributed by atoms with van der Waals surface area (Å²) in [4.78, 5) is 25.8. The summed E-state index contributed by atoms with van der Waals surface area (Å²) in [6, 6.07) is 16.9. The molecule has 0 saturated heterocycles. The van der Waals surface area contributed by atoms with Gasteiger partial charge in [-0.05, 0) is 57.9 Å². The maximum Gasteiger partial charge on any atom is 0.333 e. The molecule has 0 amide bonds. The number of esters is 1. The number of aromatic hydroxyl groups is 1. The molecule has 1 unspecified atom stereocenters. The summed E-state index contributed by atoms with van der Waals surface area (Å²) >= 11 is 0. The zero-order valence-corrected chi connectivity index (χ0v) is 23.4. The Morgan fingerprint density at radius 2 is 1.30 bits per heavy atom. The fourth-order valence-electron chi connectivity index (χ4n) is 4.19. The minimum absolute atomic E-state index is 0.0925. The summed E-state index contributed by atoms with van der Waals surface area (Å²) in [5.41, 5.74) is 6.74. The van der Waals surface area contributed by atoms with Gasteiger partial charge in [-0.25, -0.2) is 19.7 Å². The van der Waals surface area contributed by atoms with Gasteiger partial charge in [-0.15, -0.1) is 0 Å². The van der Waals surface area contributed by atoms with Crippen LogP contribution in [0.2, 0.25) is 0 Å². The van der Waals surface area contributed by atoms with E-state index < -0.39 is 12.1 Å². The first kappa shape index (κ1) is 28.4. The second kappa shape index (κ2) is 12.1. The molecule has 0 fully saturated rings. The highest BCUT2D eigenvalue weighted by Gasteiger charge is 2.18. The number of carbonyl (C=O) groups excluding carboxylic acids is 1. The van der Waals surface area contributed by atoms with Crippen LogP contribution in [0, 0.1) is 27.7 Å². The lowest BCUT2D eigenvalue weighted by Crippen LogP contribution is -2.25. The Hall–Kier alpha value is -4.56. The Morgan fingerprint density at radius 1 is 0.800 bits per heavy atom. The van der Waals surface area contributed by atoms with E-state index in [9.17, 15) is 15.0 Å². The topological polar surface area (TPSA) is 115 Å². The monoisotopic (exact) mass is 539 g/mol. The summed E-state index contributed by atoms with van der Waals surface area (Å²) < 4.78 is 10.5. The molecule has 40 heavy (non-hydrogen) atoms. The van der Waals surface area contributed by atoms with Gasteiger partial charge in [0, 0.05) is 22.8 Å². The second-order valence-electron chi connectivity index (χ2n) is 9.97. The lowest BCUT2D eigenvalue weighted by Gasteiger charge is -2.14. The van der Waals surface area contributed by atoms with Crippen LogP contribution in [0.15, 0.2) is 66.7 Å². The van der Waals surface area contributed by atoms with Crippen LogP contribution >= 0.6 is 0 Å². The van der Waals surface area contributed by atoms with Gasteiger partial charge in [0.15, 0.2) is 17.5 Å². The van der Waals surface area contributed by atoms with Crippen molar-refractivity contribution in [2.75, 3.05) is 13.2 Å². The number of aliphatic hydroxyl groups excluding tert-OH is 1. The molecule has 0 aliphatic heterocycles. The maximum atomic E-state index is 11.5. The van der Waals surface area contributed by atoms with Crippen LogP contribution < -0.4 is 4.74 Å². The lowest BCUT2D eigenvalue weighted by atomic mass is 10.0. The molecule has 8 nitrogen and oxygen atoms in total. The van der Waals surface area contributed by atoms with E-state index in [-0.39, 0.29) is 24.5 Å². The average Bonchev–Trinajstić information content (AvgIpc) is 2.90. The highest BCUT2D eigenvalue weighted by molar-refractivity contribution is 5.86. The van der Waals surface area contributed by atoms with Gasteiger partial charge in [-0.1, -0.05) is 54.1 Å². The largest absolute Gasteiger partial charge is 0.507 e. The van der Waals surface area contributed by atoms with Crippen LogP contribution in [0.3, 0.4) is 0 Å². The van der Waals surface area contributed by atoms with Gasteiger partial charge >= 0.3 is 5.97 Å². The first-order valence-electron chi connectivity index (χ1n) is 12.9. The van der Waals surface area contributed by atoms with Gasteiger partial charge < -0.3 is 19.7 Å². The number of aliphatic hydroxyl groups is 1. The van der Waals surface area contributed by atoms with Crippen LogP contribution in [0.1, 0.15) is 29.2 Å². The quantitative estimate of drug-likeness (QED) is 0.207. The van der Waals surface area contributed by atoms with Crippen LogP contribution in [0.4, 0.5) is 0 Å². The van der Waals surface area contributed by atoms with Crippen molar-refractivity contribution in [2.45, 2.75) is 40.7 Å². The third-order valence-corrected chi connectivity index (χ3v) is 6.29. The number of nitrogens with zero attached hydrogens (tertiary/aromatic N) is 3. The molecule has 3 aromatic carbocycles. The number of carbonyl (C=O) groups is 1.